The van der Waals surface area contributed by atoms with E-state index < -0.39 is 0 Å². The van der Waals surface area contributed by atoms with Gasteiger partial charge in [0.2, 0.25) is 0 Å². The molecule has 1 aromatic rings. The van der Waals surface area contributed by atoms with Crippen LogP contribution >= 0.6 is 0 Å². The fraction of sp³-hybridized carbons (Fsp3) is 0.400. The first-order chi connectivity index (χ1) is 6.69. The molecule has 0 spiro atoms. The van der Waals surface area contributed by atoms with E-state index in [2.05, 4.69) is 11.1 Å². The van der Waals surface area contributed by atoms with Gasteiger partial charge in [-0.15, -0.1) is 0 Å². The van der Waals surface area contributed by atoms with Crippen LogP contribution in [0.3, 0.4) is 0 Å². The zero-order valence-corrected chi connectivity index (χ0v) is 8.36. The Hall–Kier alpha value is -1.60. The van der Waals surface area contributed by atoms with E-state index in [-0.39, 0.29) is 6.61 Å². The molecular formula is C10H13N3O. The minimum absolute atomic E-state index is 0.0945. The summed E-state index contributed by atoms with van der Waals surface area (Å²) in [5.74, 6) is 0.774. The van der Waals surface area contributed by atoms with E-state index >= 15 is 0 Å². The van der Waals surface area contributed by atoms with Crippen LogP contribution in [-0.4, -0.2) is 30.3 Å². The summed E-state index contributed by atoms with van der Waals surface area (Å²) < 4.78 is 0. The van der Waals surface area contributed by atoms with Crippen molar-refractivity contribution < 1.29 is 5.11 Å². The molecule has 4 nitrogen and oxygen atoms in total. The van der Waals surface area contributed by atoms with Crippen LogP contribution in [0.15, 0.2) is 12.1 Å². The van der Waals surface area contributed by atoms with Crippen molar-refractivity contribution in [1.29, 1.82) is 5.26 Å². The van der Waals surface area contributed by atoms with Crippen LogP contribution in [0.25, 0.3) is 0 Å². The van der Waals surface area contributed by atoms with E-state index in [0.717, 1.165) is 11.5 Å². The van der Waals surface area contributed by atoms with Crippen molar-refractivity contribution in [3.8, 4) is 6.07 Å². The molecule has 0 radical (unpaired) electrons. The summed E-state index contributed by atoms with van der Waals surface area (Å²) in [6.45, 7) is 2.43. The summed E-state index contributed by atoms with van der Waals surface area (Å²) in [7, 11) is 1.85. The van der Waals surface area contributed by atoms with Crippen LogP contribution in [0, 0.1) is 18.3 Å². The highest BCUT2D eigenvalue weighted by atomic mass is 16.3. The molecule has 0 aliphatic heterocycles. The van der Waals surface area contributed by atoms with E-state index in [1.807, 2.05) is 11.9 Å². The van der Waals surface area contributed by atoms with Gasteiger partial charge in [0, 0.05) is 13.6 Å². The van der Waals surface area contributed by atoms with Crippen LogP contribution in [-0.2, 0) is 0 Å². The maximum atomic E-state index is 8.75. The number of aliphatic hydroxyl groups excluding tert-OH is 1. The Bertz CT molecular complexity index is 357. The molecule has 74 valence electrons. The number of pyridine rings is 1. The normalized spacial score (nSPS) is 9.57. The van der Waals surface area contributed by atoms with E-state index in [1.54, 1.807) is 19.1 Å². The molecular weight excluding hydrogens is 178 g/mol. The van der Waals surface area contributed by atoms with Gasteiger partial charge in [0.25, 0.3) is 0 Å². The van der Waals surface area contributed by atoms with Gasteiger partial charge in [-0.05, 0) is 19.1 Å². The molecule has 0 saturated heterocycles. The van der Waals surface area contributed by atoms with Crippen LogP contribution < -0.4 is 4.90 Å². The number of hydrogen-bond acceptors (Lipinski definition) is 4. The lowest BCUT2D eigenvalue weighted by Crippen LogP contribution is -2.22. The minimum atomic E-state index is 0.0945. The second-order valence-electron chi connectivity index (χ2n) is 3.06. The fourth-order valence-corrected chi connectivity index (χ4v) is 1.14. The van der Waals surface area contributed by atoms with Gasteiger partial charge in [-0.25, -0.2) is 4.98 Å². The topological polar surface area (TPSA) is 60.1 Å². The lowest BCUT2D eigenvalue weighted by Gasteiger charge is -2.16. The van der Waals surface area contributed by atoms with Crippen molar-refractivity contribution in [2.24, 2.45) is 0 Å². The third-order valence-corrected chi connectivity index (χ3v) is 2.02. The average Bonchev–Trinajstić information content (AvgIpc) is 2.18. The first-order valence-corrected chi connectivity index (χ1v) is 4.38. The lowest BCUT2D eigenvalue weighted by molar-refractivity contribution is 0.304. The van der Waals surface area contributed by atoms with Gasteiger partial charge < -0.3 is 10.0 Å². The minimum Gasteiger partial charge on any atom is -0.395 e. The third-order valence-electron chi connectivity index (χ3n) is 2.02. The SMILES string of the molecule is Cc1nc(N(C)CCO)ccc1C#N. The molecule has 0 saturated carbocycles. The molecule has 1 N–H and O–H groups in total. The van der Waals surface area contributed by atoms with Crippen molar-refractivity contribution in [2.75, 3.05) is 25.1 Å². The molecule has 0 aliphatic carbocycles. The number of likely N-dealkylation sites (N-methyl/N-ethyl adjacent to an activating group) is 1. The van der Waals surface area contributed by atoms with Crippen LogP contribution in [0.5, 0.6) is 0 Å². The molecule has 0 aromatic carbocycles. The molecule has 4 heteroatoms. The predicted octanol–water partition coefficient (Wildman–Crippen LogP) is 0.690. The summed E-state index contributed by atoms with van der Waals surface area (Å²) in [4.78, 5) is 6.10. The largest absolute Gasteiger partial charge is 0.395 e. The number of nitrogens with zero attached hydrogens (tertiary/aromatic N) is 3. The molecule has 0 unspecified atom stereocenters. The van der Waals surface area contributed by atoms with Gasteiger partial charge in [0.1, 0.15) is 11.9 Å². The predicted molar refractivity (Wildman–Crippen MR) is 54.0 cm³/mol. The Labute approximate surface area is 83.4 Å². The van der Waals surface area contributed by atoms with Crippen LogP contribution in [0.1, 0.15) is 11.3 Å². The highest BCUT2D eigenvalue weighted by Gasteiger charge is 2.04. The highest BCUT2D eigenvalue weighted by Crippen LogP contribution is 2.12. The Morgan fingerprint density at radius 2 is 2.29 bits per heavy atom. The fourth-order valence-electron chi connectivity index (χ4n) is 1.14. The molecule has 0 aliphatic rings. The van der Waals surface area contributed by atoms with Crippen molar-refractivity contribution in [2.45, 2.75) is 6.92 Å². The van der Waals surface area contributed by atoms with E-state index in [9.17, 15) is 0 Å². The summed E-state index contributed by atoms with van der Waals surface area (Å²) in [5.41, 5.74) is 1.31. The Morgan fingerprint density at radius 1 is 1.57 bits per heavy atom. The van der Waals surface area contributed by atoms with Gasteiger partial charge in [-0.2, -0.15) is 5.26 Å². The number of aryl methyl sites for hydroxylation is 1. The number of nitriles is 1. The summed E-state index contributed by atoms with van der Waals surface area (Å²) in [6, 6.07) is 5.58. The van der Waals surface area contributed by atoms with Crippen molar-refractivity contribution in [3.63, 3.8) is 0 Å². The summed E-state index contributed by atoms with van der Waals surface area (Å²) >= 11 is 0. The van der Waals surface area contributed by atoms with Gasteiger partial charge in [-0.1, -0.05) is 0 Å². The second-order valence-corrected chi connectivity index (χ2v) is 3.06. The monoisotopic (exact) mass is 191 g/mol. The molecule has 0 amide bonds. The molecule has 1 rings (SSSR count). The maximum Gasteiger partial charge on any atom is 0.128 e. The van der Waals surface area contributed by atoms with Crippen molar-refractivity contribution >= 4 is 5.82 Å². The number of aliphatic hydroxyl groups is 1. The Kier molecular flexibility index (Phi) is 3.43. The molecule has 1 aromatic heterocycles. The maximum absolute atomic E-state index is 8.75. The second kappa shape index (κ2) is 4.58. The first kappa shape index (κ1) is 10.5. The number of anilines is 1. The zero-order chi connectivity index (χ0) is 10.6. The third kappa shape index (κ3) is 2.21. The van der Waals surface area contributed by atoms with Gasteiger partial charge in [-0.3, -0.25) is 0 Å². The van der Waals surface area contributed by atoms with Crippen molar-refractivity contribution in [3.05, 3.63) is 23.4 Å². The Morgan fingerprint density at radius 3 is 2.79 bits per heavy atom. The molecule has 0 fully saturated rings. The van der Waals surface area contributed by atoms with E-state index in [0.29, 0.717) is 12.1 Å². The quantitative estimate of drug-likeness (QED) is 0.763. The Balaban J connectivity index is 2.92. The van der Waals surface area contributed by atoms with Crippen molar-refractivity contribution in [1.82, 2.24) is 4.98 Å². The number of hydrogen-bond donors (Lipinski definition) is 1. The van der Waals surface area contributed by atoms with Crippen LogP contribution in [0.2, 0.25) is 0 Å². The average molecular weight is 191 g/mol. The molecule has 0 atom stereocenters. The standard InChI is InChI=1S/C10H13N3O/c1-8-9(7-11)3-4-10(12-8)13(2)5-6-14/h3-4,14H,5-6H2,1-2H3. The lowest BCUT2D eigenvalue weighted by atomic mass is 10.2. The molecule has 1 heterocycles. The summed E-state index contributed by atoms with van der Waals surface area (Å²) in [5, 5.41) is 17.5. The first-order valence-electron chi connectivity index (χ1n) is 4.38. The smallest absolute Gasteiger partial charge is 0.128 e. The molecule has 0 bridgehead atoms. The van der Waals surface area contributed by atoms with E-state index in [1.165, 1.54) is 0 Å². The number of rotatable bonds is 3. The molecule has 14 heavy (non-hydrogen) atoms. The zero-order valence-electron chi connectivity index (χ0n) is 8.36. The van der Waals surface area contributed by atoms with Gasteiger partial charge in [0.05, 0.1) is 17.9 Å². The number of aromatic nitrogens is 1. The van der Waals surface area contributed by atoms with Gasteiger partial charge in [0.15, 0.2) is 0 Å². The van der Waals surface area contributed by atoms with Gasteiger partial charge >= 0.3 is 0 Å². The summed E-state index contributed by atoms with van der Waals surface area (Å²) in [6.07, 6.45) is 0. The van der Waals surface area contributed by atoms with E-state index in [4.69, 9.17) is 10.4 Å². The van der Waals surface area contributed by atoms with Crippen LogP contribution in [0.4, 0.5) is 5.82 Å². The highest BCUT2D eigenvalue weighted by molar-refractivity contribution is 5.44.